The van der Waals surface area contributed by atoms with Gasteiger partial charge in [-0.2, -0.15) is 5.26 Å². The largest absolute Gasteiger partial charge is 0.423 e. The van der Waals surface area contributed by atoms with Gasteiger partial charge in [-0.3, -0.25) is 4.79 Å². The van der Waals surface area contributed by atoms with Gasteiger partial charge in [-0.15, -0.1) is 0 Å². The molecule has 0 radical (unpaired) electrons. The van der Waals surface area contributed by atoms with Crippen molar-refractivity contribution in [1.29, 1.82) is 5.26 Å². The van der Waals surface area contributed by atoms with E-state index in [0.717, 1.165) is 16.4 Å². The zero-order chi connectivity index (χ0) is 19.6. The van der Waals surface area contributed by atoms with E-state index in [2.05, 4.69) is 27.9 Å². The Kier molecular flexibility index (Phi) is 8.01. The second kappa shape index (κ2) is 10.5. The van der Waals surface area contributed by atoms with Crippen molar-refractivity contribution in [2.75, 3.05) is 6.54 Å². The van der Waals surface area contributed by atoms with E-state index in [0.29, 0.717) is 23.4 Å². The molecule has 0 bridgehead atoms. The first-order valence-corrected chi connectivity index (χ1v) is 9.59. The van der Waals surface area contributed by atoms with E-state index in [1.165, 1.54) is 6.08 Å². The van der Waals surface area contributed by atoms with E-state index < -0.39 is 5.97 Å². The number of unbranched alkanes of at least 4 members (excludes halogenated alkanes) is 1. The lowest BCUT2D eigenvalue weighted by Crippen LogP contribution is -2.25. The molecule has 0 aromatic heterocycles. The highest BCUT2D eigenvalue weighted by molar-refractivity contribution is 14.1. The first-order valence-electron chi connectivity index (χ1n) is 8.52. The van der Waals surface area contributed by atoms with E-state index in [4.69, 9.17) is 4.74 Å². The van der Waals surface area contributed by atoms with Gasteiger partial charge in [0.1, 0.15) is 17.4 Å². The van der Waals surface area contributed by atoms with Crippen molar-refractivity contribution in [2.45, 2.75) is 19.8 Å². The van der Waals surface area contributed by atoms with Crippen molar-refractivity contribution in [3.63, 3.8) is 0 Å². The van der Waals surface area contributed by atoms with Gasteiger partial charge in [0.05, 0.1) is 5.56 Å². The Hall–Kier alpha value is -2.66. The summed E-state index contributed by atoms with van der Waals surface area (Å²) < 4.78 is 6.18. The molecular formula is C21H19IN2O3. The number of amides is 1. The standard InChI is InChI=1S/C21H19IN2O3/c1-2-3-12-24-20(25)16(14-23)13-15-8-10-17(11-9-15)27-21(26)18-6-4-5-7-19(18)22/h4-11,13H,2-3,12H2,1H3,(H,24,25). The quantitative estimate of drug-likeness (QED) is 0.162. The minimum Gasteiger partial charge on any atom is -0.423 e. The van der Waals surface area contributed by atoms with Crippen LogP contribution in [0.25, 0.3) is 6.08 Å². The number of hydrogen-bond donors (Lipinski definition) is 1. The van der Waals surface area contributed by atoms with Crippen molar-refractivity contribution in [3.8, 4) is 11.8 Å². The predicted octanol–water partition coefficient (Wildman–Crippen LogP) is 4.33. The highest BCUT2D eigenvalue weighted by Gasteiger charge is 2.12. The molecule has 0 saturated carbocycles. The molecule has 2 aromatic rings. The third-order valence-corrected chi connectivity index (χ3v) is 4.62. The Bertz CT molecular complexity index is 883. The second-order valence-corrected chi connectivity index (χ2v) is 6.88. The van der Waals surface area contributed by atoms with Crippen molar-refractivity contribution < 1.29 is 14.3 Å². The lowest BCUT2D eigenvalue weighted by molar-refractivity contribution is -0.117. The summed E-state index contributed by atoms with van der Waals surface area (Å²) in [6.07, 6.45) is 3.34. The van der Waals surface area contributed by atoms with Crippen LogP contribution in [0.4, 0.5) is 0 Å². The van der Waals surface area contributed by atoms with Gasteiger partial charge in [0.2, 0.25) is 0 Å². The van der Waals surface area contributed by atoms with Crippen LogP contribution in [0.2, 0.25) is 0 Å². The van der Waals surface area contributed by atoms with Gasteiger partial charge in [0.25, 0.3) is 5.91 Å². The van der Waals surface area contributed by atoms with Crippen LogP contribution in [0.5, 0.6) is 5.75 Å². The van der Waals surface area contributed by atoms with Gasteiger partial charge in [-0.1, -0.05) is 37.6 Å². The number of rotatable bonds is 7. The topological polar surface area (TPSA) is 79.2 Å². The Balaban J connectivity index is 2.05. The van der Waals surface area contributed by atoms with Crippen molar-refractivity contribution in [1.82, 2.24) is 5.32 Å². The highest BCUT2D eigenvalue weighted by atomic mass is 127. The number of esters is 1. The third kappa shape index (κ3) is 6.22. The van der Waals surface area contributed by atoms with E-state index >= 15 is 0 Å². The summed E-state index contributed by atoms with van der Waals surface area (Å²) in [7, 11) is 0. The minimum atomic E-state index is -0.434. The Labute approximate surface area is 172 Å². The molecule has 0 fully saturated rings. The first kappa shape index (κ1) is 20.6. The number of halogens is 1. The summed E-state index contributed by atoms with van der Waals surface area (Å²) in [5, 5.41) is 11.9. The van der Waals surface area contributed by atoms with Gasteiger partial charge in [0, 0.05) is 10.1 Å². The average molecular weight is 474 g/mol. The van der Waals surface area contributed by atoms with Crippen molar-refractivity contribution in [2.24, 2.45) is 0 Å². The SMILES string of the molecule is CCCCNC(=O)C(C#N)=Cc1ccc(OC(=O)c2ccccc2I)cc1. The fourth-order valence-corrected chi connectivity index (χ4v) is 2.82. The fraction of sp³-hybridized carbons (Fsp3) is 0.190. The molecule has 0 atom stereocenters. The molecule has 1 N–H and O–H groups in total. The molecule has 27 heavy (non-hydrogen) atoms. The van der Waals surface area contributed by atoms with Crippen LogP contribution in [-0.2, 0) is 4.79 Å². The molecule has 6 heteroatoms. The maximum Gasteiger partial charge on any atom is 0.344 e. The molecule has 5 nitrogen and oxygen atoms in total. The Morgan fingerprint density at radius 1 is 1.19 bits per heavy atom. The molecule has 0 spiro atoms. The first-order chi connectivity index (χ1) is 13.0. The normalized spacial score (nSPS) is 10.8. The predicted molar refractivity (Wildman–Crippen MR) is 112 cm³/mol. The summed E-state index contributed by atoms with van der Waals surface area (Å²) in [5.74, 6) is -0.431. The number of carbonyl (C=O) groups excluding carboxylic acids is 2. The Morgan fingerprint density at radius 2 is 1.89 bits per heavy atom. The molecule has 2 aromatic carbocycles. The van der Waals surface area contributed by atoms with E-state index in [9.17, 15) is 14.9 Å². The van der Waals surface area contributed by atoms with Gasteiger partial charge < -0.3 is 10.1 Å². The van der Waals surface area contributed by atoms with E-state index in [1.807, 2.05) is 25.1 Å². The molecule has 0 saturated heterocycles. The monoisotopic (exact) mass is 474 g/mol. The summed E-state index contributed by atoms with van der Waals surface area (Å²) in [6, 6.07) is 15.7. The van der Waals surface area contributed by atoms with E-state index in [1.54, 1.807) is 36.4 Å². The van der Waals surface area contributed by atoms with Crippen molar-refractivity contribution in [3.05, 3.63) is 68.8 Å². The fourth-order valence-electron chi connectivity index (χ4n) is 2.21. The number of carbonyl (C=O) groups is 2. The van der Waals surface area contributed by atoms with Crippen LogP contribution < -0.4 is 10.1 Å². The molecule has 0 aliphatic heterocycles. The summed E-state index contributed by atoms with van der Waals surface area (Å²) in [5.41, 5.74) is 1.21. The molecule has 0 aliphatic rings. The highest BCUT2D eigenvalue weighted by Crippen LogP contribution is 2.18. The number of ether oxygens (including phenoxy) is 1. The average Bonchev–Trinajstić information content (AvgIpc) is 2.67. The van der Waals surface area contributed by atoms with Gasteiger partial charge in [0.15, 0.2) is 0 Å². The third-order valence-electron chi connectivity index (χ3n) is 3.68. The molecular weight excluding hydrogens is 455 g/mol. The van der Waals surface area contributed by atoms with Crippen LogP contribution >= 0.6 is 22.6 Å². The molecule has 0 unspecified atom stereocenters. The zero-order valence-electron chi connectivity index (χ0n) is 14.9. The molecule has 0 heterocycles. The number of nitriles is 1. The number of nitrogens with zero attached hydrogens (tertiary/aromatic N) is 1. The van der Waals surface area contributed by atoms with Gasteiger partial charge >= 0.3 is 5.97 Å². The van der Waals surface area contributed by atoms with Gasteiger partial charge in [-0.25, -0.2) is 4.79 Å². The van der Waals surface area contributed by atoms with Crippen LogP contribution in [-0.4, -0.2) is 18.4 Å². The lowest BCUT2D eigenvalue weighted by atomic mass is 10.1. The number of benzene rings is 2. The van der Waals surface area contributed by atoms with Crippen LogP contribution in [0.15, 0.2) is 54.1 Å². The van der Waals surface area contributed by atoms with Gasteiger partial charge in [-0.05, 0) is 64.9 Å². The second-order valence-electron chi connectivity index (χ2n) is 5.72. The number of nitrogens with one attached hydrogen (secondary N) is 1. The summed E-state index contributed by atoms with van der Waals surface area (Å²) in [4.78, 5) is 24.2. The molecule has 2 rings (SSSR count). The smallest absolute Gasteiger partial charge is 0.344 e. The maximum atomic E-state index is 12.2. The number of hydrogen-bond acceptors (Lipinski definition) is 4. The van der Waals surface area contributed by atoms with Crippen LogP contribution in [0.1, 0.15) is 35.7 Å². The lowest BCUT2D eigenvalue weighted by Gasteiger charge is -2.06. The van der Waals surface area contributed by atoms with Crippen molar-refractivity contribution >= 4 is 40.5 Å². The van der Waals surface area contributed by atoms with Crippen LogP contribution in [0.3, 0.4) is 0 Å². The zero-order valence-corrected chi connectivity index (χ0v) is 17.0. The molecule has 0 aliphatic carbocycles. The molecule has 1 amide bonds. The summed E-state index contributed by atoms with van der Waals surface area (Å²) >= 11 is 2.08. The minimum absolute atomic E-state index is 0.0367. The maximum absolute atomic E-state index is 12.2. The summed E-state index contributed by atoms with van der Waals surface area (Å²) in [6.45, 7) is 2.57. The Morgan fingerprint density at radius 3 is 2.52 bits per heavy atom. The van der Waals surface area contributed by atoms with Crippen LogP contribution in [0, 0.1) is 14.9 Å². The van der Waals surface area contributed by atoms with E-state index in [-0.39, 0.29) is 11.5 Å². The molecule has 138 valence electrons.